The summed E-state index contributed by atoms with van der Waals surface area (Å²) in [6.07, 6.45) is -1.75. The number of nitrogens with zero attached hydrogens (tertiary/aromatic N) is 4. The highest BCUT2D eigenvalue weighted by atomic mass is 19.4. The molecular weight excluding hydrogens is 463 g/mol. The Morgan fingerprint density at radius 1 is 1.29 bits per heavy atom. The van der Waals surface area contributed by atoms with E-state index < -0.39 is 36.7 Å². The molecule has 1 saturated heterocycles. The number of allylic oxidation sites excluding steroid dienone is 1. The number of piperidine rings is 1. The van der Waals surface area contributed by atoms with Crippen LogP contribution >= 0.6 is 0 Å². The van der Waals surface area contributed by atoms with Gasteiger partial charge in [0.05, 0.1) is 23.8 Å². The Balaban J connectivity index is 1.87. The van der Waals surface area contributed by atoms with Crippen molar-refractivity contribution in [2.45, 2.75) is 24.8 Å². The van der Waals surface area contributed by atoms with Crippen LogP contribution in [0, 0.1) is 5.82 Å². The molecule has 14 heteroatoms. The molecule has 34 heavy (non-hydrogen) atoms. The summed E-state index contributed by atoms with van der Waals surface area (Å²) in [6.45, 7) is -0.890. The van der Waals surface area contributed by atoms with Crippen LogP contribution in [0.1, 0.15) is 22.6 Å². The Hall–Kier alpha value is -3.68. The number of nitrogen functional groups attached to an aromatic ring is 1. The van der Waals surface area contributed by atoms with Gasteiger partial charge in [0, 0.05) is 49.1 Å². The van der Waals surface area contributed by atoms with Crippen LogP contribution in [0.15, 0.2) is 29.7 Å². The zero-order valence-corrected chi connectivity index (χ0v) is 17.6. The van der Waals surface area contributed by atoms with Gasteiger partial charge in [-0.15, -0.1) is 0 Å². The number of rotatable bonds is 6. The van der Waals surface area contributed by atoms with E-state index in [9.17, 15) is 26.7 Å². The number of carbonyl (C=O) groups is 1. The van der Waals surface area contributed by atoms with Gasteiger partial charge in [0.1, 0.15) is 12.7 Å². The summed E-state index contributed by atoms with van der Waals surface area (Å²) in [6, 6.07) is 0.674. The topological polar surface area (TPSA) is 144 Å². The number of halogens is 5. The second-order valence-corrected chi connectivity index (χ2v) is 7.41. The first-order valence-corrected chi connectivity index (χ1v) is 10.00. The Labute approximate surface area is 190 Å². The lowest BCUT2D eigenvalue weighted by molar-refractivity contribution is -0.118. The fourth-order valence-corrected chi connectivity index (χ4v) is 3.18. The fraction of sp³-hybridized carbons (Fsp3) is 0.350. The van der Waals surface area contributed by atoms with Crippen molar-refractivity contribution in [1.82, 2.24) is 25.6 Å². The van der Waals surface area contributed by atoms with Crippen LogP contribution in [-0.2, 0) is 0 Å². The van der Waals surface area contributed by atoms with Crippen molar-refractivity contribution in [2.75, 3.05) is 25.4 Å². The van der Waals surface area contributed by atoms with Gasteiger partial charge in [-0.3, -0.25) is 14.8 Å². The number of nitrogens with one attached hydrogen (secondary N) is 2. The lowest BCUT2D eigenvalue weighted by Gasteiger charge is -2.26. The molecule has 3 rings (SSSR count). The number of alkyl halides is 4. The molecular formula is C20H21F5N8O. The summed E-state index contributed by atoms with van der Waals surface area (Å²) in [5.41, 5.74) is 10.7. The fourth-order valence-electron chi connectivity index (χ4n) is 3.18. The largest absolute Gasteiger partial charge is 0.407 e. The first-order chi connectivity index (χ1) is 16.1. The maximum Gasteiger partial charge on any atom is 0.407 e. The molecule has 2 aromatic heterocycles. The van der Waals surface area contributed by atoms with Gasteiger partial charge in [-0.25, -0.2) is 18.7 Å². The van der Waals surface area contributed by atoms with Crippen LogP contribution in [0.4, 0.5) is 27.8 Å². The van der Waals surface area contributed by atoms with Gasteiger partial charge in [-0.2, -0.15) is 13.2 Å². The predicted octanol–water partition coefficient (Wildman–Crippen LogP) is 1.62. The van der Waals surface area contributed by atoms with Gasteiger partial charge in [0.25, 0.3) is 5.91 Å². The normalized spacial score (nSPS) is 19.4. The Morgan fingerprint density at radius 2 is 2.06 bits per heavy atom. The molecule has 0 radical (unpaired) electrons. The number of aromatic nitrogens is 3. The van der Waals surface area contributed by atoms with E-state index in [1.165, 1.54) is 6.07 Å². The quantitative estimate of drug-likeness (QED) is 0.360. The second-order valence-electron chi connectivity index (χ2n) is 7.41. The minimum absolute atomic E-state index is 0.00236. The van der Waals surface area contributed by atoms with Crippen molar-refractivity contribution in [3.05, 3.63) is 41.9 Å². The number of anilines is 1. The van der Waals surface area contributed by atoms with Crippen LogP contribution in [0.25, 0.3) is 16.8 Å². The standard InChI is InChI=1S/C20H21F5N8O/c21-11-1-12(6-28-5-11)32-19(34)17-18(27)31-8-16(33-17)13-2-15(30-7-14(13)22)10(3-26)4-29-9-20(23,24)25/h2-4,7-8,11-12,28H,1,5-6,9,26H2,(H2,27,31)(H,32,34). The summed E-state index contributed by atoms with van der Waals surface area (Å²) < 4.78 is 65.1. The molecule has 0 bridgehead atoms. The molecule has 0 aromatic carbocycles. The third-order valence-corrected chi connectivity index (χ3v) is 4.76. The average molecular weight is 484 g/mol. The molecule has 1 amide bonds. The van der Waals surface area contributed by atoms with Gasteiger partial charge in [0.15, 0.2) is 17.3 Å². The minimum atomic E-state index is -4.51. The maximum absolute atomic E-state index is 14.5. The molecule has 182 valence electrons. The SMILES string of the molecule is NC=C(C=NCC(F)(F)F)c1cc(-c2cnc(N)c(C(=O)NC3CNCC(F)C3)n2)c(F)cn1. The Morgan fingerprint density at radius 3 is 2.74 bits per heavy atom. The van der Waals surface area contributed by atoms with Crippen LogP contribution in [0.2, 0.25) is 0 Å². The van der Waals surface area contributed by atoms with Crippen LogP contribution in [-0.4, -0.2) is 65.1 Å². The first kappa shape index (κ1) is 25.0. The molecule has 1 fully saturated rings. The van der Waals surface area contributed by atoms with E-state index in [0.717, 1.165) is 24.8 Å². The summed E-state index contributed by atoms with van der Waals surface area (Å²) in [5.74, 6) is -1.78. The van der Waals surface area contributed by atoms with E-state index in [1.807, 2.05) is 0 Å². The van der Waals surface area contributed by atoms with Gasteiger partial charge >= 0.3 is 6.18 Å². The van der Waals surface area contributed by atoms with E-state index in [2.05, 4.69) is 30.6 Å². The van der Waals surface area contributed by atoms with Crippen molar-refractivity contribution in [1.29, 1.82) is 0 Å². The predicted molar refractivity (Wildman–Crippen MR) is 115 cm³/mol. The van der Waals surface area contributed by atoms with Crippen LogP contribution in [0.3, 0.4) is 0 Å². The van der Waals surface area contributed by atoms with Crippen molar-refractivity contribution in [2.24, 2.45) is 10.7 Å². The van der Waals surface area contributed by atoms with Gasteiger partial charge in [-0.1, -0.05) is 0 Å². The number of nitrogens with two attached hydrogens (primary N) is 2. The highest BCUT2D eigenvalue weighted by Gasteiger charge is 2.26. The van der Waals surface area contributed by atoms with E-state index in [4.69, 9.17) is 11.5 Å². The second kappa shape index (κ2) is 10.5. The van der Waals surface area contributed by atoms with Crippen LogP contribution < -0.4 is 22.1 Å². The van der Waals surface area contributed by atoms with E-state index in [1.54, 1.807) is 0 Å². The molecule has 1 aliphatic heterocycles. The molecule has 2 unspecified atom stereocenters. The van der Waals surface area contributed by atoms with Gasteiger partial charge in [-0.05, 0) is 6.07 Å². The van der Waals surface area contributed by atoms with Crippen molar-refractivity contribution >= 4 is 23.5 Å². The van der Waals surface area contributed by atoms with E-state index in [0.29, 0.717) is 6.54 Å². The average Bonchev–Trinajstić information content (AvgIpc) is 2.77. The molecule has 0 spiro atoms. The van der Waals surface area contributed by atoms with Crippen molar-refractivity contribution in [3.8, 4) is 11.3 Å². The van der Waals surface area contributed by atoms with Gasteiger partial charge in [0.2, 0.25) is 0 Å². The zero-order chi connectivity index (χ0) is 24.9. The minimum Gasteiger partial charge on any atom is -0.404 e. The monoisotopic (exact) mass is 484 g/mol. The molecule has 3 heterocycles. The van der Waals surface area contributed by atoms with Crippen LogP contribution in [0.5, 0.6) is 0 Å². The van der Waals surface area contributed by atoms with E-state index >= 15 is 0 Å². The highest BCUT2D eigenvalue weighted by Crippen LogP contribution is 2.25. The third kappa shape index (κ3) is 6.43. The number of amides is 1. The smallest absolute Gasteiger partial charge is 0.404 e. The first-order valence-electron chi connectivity index (χ1n) is 10.00. The number of aliphatic imine (C=N–C) groups is 1. The number of carbonyl (C=O) groups excluding carboxylic acids is 1. The third-order valence-electron chi connectivity index (χ3n) is 4.76. The summed E-state index contributed by atoms with van der Waals surface area (Å²) in [5, 5.41) is 5.45. The lowest BCUT2D eigenvalue weighted by atomic mass is 10.1. The van der Waals surface area contributed by atoms with Crippen molar-refractivity contribution in [3.63, 3.8) is 0 Å². The molecule has 2 aromatic rings. The number of hydrogen-bond donors (Lipinski definition) is 4. The highest BCUT2D eigenvalue weighted by molar-refractivity contribution is 6.09. The Kier molecular flexibility index (Phi) is 7.71. The molecule has 9 nitrogen and oxygen atoms in total. The van der Waals surface area contributed by atoms with Gasteiger partial charge < -0.3 is 22.1 Å². The lowest BCUT2D eigenvalue weighted by Crippen LogP contribution is -2.49. The number of hydrogen-bond acceptors (Lipinski definition) is 8. The Bertz CT molecular complexity index is 1100. The molecule has 6 N–H and O–H groups in total. The molecule has 0 saturated carbocycles. The molecule has 2 atom stereocenters. The summed E-state index contributed by atoms with van der Waals surface area (Å²) in [7, 11) is 0. The zero-order valence-electron chi connectivity index (χ0n) is 17.6. The van der Waals surface area contributed by atoms with E-state index in [-0.39, 0.29) is 47.0 Å². The number of pyridine rings is 1. The maximum atomic E-state index is 14.5. The van der Waals surface area contributed by atoms with Crippen molar-refractivity contribution < 1.29 is 26.7 Å². The summed E-state index contributed by atoms with van der Waals surface area (Å²) in [4.78, 5) is 27.7. The molecule has 0 aliphatic carbocycles. The molecule has 1 aliphatic rings. The summed E-state index contributed by atoms with van der Waals surface area (Å²) >= 11 is 0.